The van der Waals surface area contributed by atoms with Crippen LogP contribution in [0.5, 0.6) is 5.75 Å². The van der Waals surface area contributed by atoms with E-state index in [1.165, 1.54) is 11.3 Å². The van der Waals surface area contributed by atoms with Gasteiger partial charge in [0.25, 0.3) is 0 Å². The van der Waals surface area contributed by atoms with Crippen LogP contribution in [-0.4, -0.2) is 29.2 Å². The summed E-state index contributed by atoms with van der Waals surface area (Å²) >= 11 is 1.24. The molecule has 0 saturated heterocycles. The number of benzene rings is 1. The predicted molar refractivity (Wildman–Crippen MR) is 87.0 cm³/mol. The van der Waals surface area contributed by atoms with E-state index < -0.39 is 16.1 Å². The van der Waals surface area contributed by atoms with Crippen molar-refractivity contribution < 1.29 is 17.9 Å². The van der Waals surface area contributed by atoms with Crippen molar-refractivity contribution in [3.8, 4) is 5.75 Å². The maximum atomic E-state index is 12.3. The molecule has 1 N–H and O–H groups in total. The molecule has 0 bridgehead atoms. The molecule has 1 aromatic heterocycles. The Bertz CT molecular complexity index is 725. The minimum absolute atomic E-state index is 0.135. The van der Waals surface area contributed by atoms with E-state index in [4.69, 9.17) is 9.47 Å². The van der Waals surface area contributed by atoms with Crippen LogP contribution < -0.4 is 9.46 Å². The lowest BCUT2D eigenvalue weighted by Gasteiger charge is -2.18. The largest absolute Gasteiger partial charge is 0.496 e. The second-order valence-electron chi connectivity index (χ2n) is 4.68. The van der Waals surface area contributed by atoms with Crippen molar-refractivity contribution in [1.82, 2.24) is 4.72 Å². The average molecular weight is 341 g/mol. The third-order valence-electron chi connectivity index (χ3n) is 3.21. The maximum Gasteiger partial charge on any atom is 0.250 e. The van der Waals surface area contributed by atoms with Crippen LogP contribution in [-0.2, 0) is 14.8 Å². The highest BCUT2D eigenvalue weighted by molar-refractivity contribution is 7.91. The molecule has 0 radical (unpaired) electrons. The van der Waals surface area contributed by atoms with Crippen molar-refractivity contribution in [3.05, 3.63) is 46.8 Å². The van der Waals surface area contributed by atoms with Crippen molar-refractivity contribution >= 4 is 21.4 Å². The highest BCUT2D eigenvalue weighted by Crippen LogP contribution is 2.27. The third kappa shape index (κ3) is 3.86. The number of nitrogens with one attached hydrogen (secondary N) is 1. The van der Waals surface area contributed by atoms with Gasteiger partial charge in [-0.15, -0.1) is 11.3 Å². The number of ether oxygens (including phenoxy) is 2. The zero-order valence-corrected chi connectivity index (χ0v) is 14.3. The quantitative estimate of drug-likeness (QED) is 0.841. The van der Waals surface area contributed by atoms with Crippen molar-refractivity contribution in [2.75, 3.05) is 20.8 Å². The molecule has 0 aliphatic rings. The molecule has 0 amide bonds. The Labute approximate surface area is 134 Å². The van der Waals surface area contributed by atoms with E-state index in [0.29, 0.717) is 9.96 Å². The Morgan fingerprint density at radius 1 is 1.18 bits per heavy atom. The maximum absolute atomic E-state index is 12.3. The number of methoxy groups -OCH3 is 2. The van der Waals surface area contributed by atoms with Crippen molar-refractivity contribution in [2.24, 2.45) is 0 Å². The third-order valence-corrected chi connectivity index (χ3v) is 6.13. The van der Waals surface area contributed by atoms with Gasteiger partial charge in [-0.05, 0) is 25.1 Å². The number of thiophene rings is 1. The SMILES string of the molecule is COc1ccccc1[C@@H](CNS(=O)(=O)c1ccc(C)s1)OC. The second kappa shape index (κ2) is 7.23. The summed E-state index contributed by atoms with van der Waals surface area (Å²) < 4.78 is 38.1. The van der Waals surface area contributed by atoms with Gasteiger partial charge in [-0.25, -0.2) is 13.1 Å². The van der Waals surface area contributed by atoms with Gasteiger partial charge in [-0.2, -0.15) is 0 Å². The van der Waals surface area contributed by atoms with Crippen LogP contribution in [0.25, 0.3) is 0 Å². The van der Waals surface area contributed by atoms with Gasteiger partial charge >= 0.3 is 0 Å². The molecule has 0 fully saturated rings. The van der Waals surface area contributed by atoms with Crippen LogP contribution in [0.4, 0.5) is 0 Å². The van der Waals surface area contributed by atoms with Gasteiger partial charge in [0, 0.05) is 24.1 Å². The number of hydrogen-bond acceptors (Lipinski definition) is 5. The van der Waals surface area contributed by atoms with Crippen molar-refractivity contribution in [3.63, 3.8) is 0 Å². The Morgan fingerprint density at radius 2 is 1.91 bits per heavy atom. The van der Waals surface area contributed by atoms with Crippen LogP contribution in [0.1, 0.15) is 16.5 Å². The number of aryl methyl sites for hydroxylation is 1. The summed E-state index contributed by atoms with van der Waals surface area (Å²) in [4.78, 5) is 0.952. The van der Waals surface area contributed by atoms with Gasteiger partial charge in [0.05, 0.1) is 13.2 Å². The number of sulfonamides is 1. The van der Waals surface area contributed by atoms with Gasteiger partial charge in [0.1, 0.15) is 9.96 Å². The molecule has 120 valence electrons. The summed E-state index contributed by atoms with van der Waals surface area (Å²) in [6.45, 7) is 2.01. The Kier molecular flexibility index (Phi) is 5.57. The first kappa shape index (κ1) is 17.0. The van der Waals surface area contributed by atoms with Crippen LogP contribution >= 0.6 is 11.3 Å². The van der Waals surface area contributed by atoms with Crippen LogP contribution in [0.2, 0.25) is 0 Å². The molecule has 0 saturated carbocycles. The Balaban J connectivity index is 2.14. The fourth-order valence-electron chi connectivity index (χ4n) is 2.07. The summed E-state index contributed by atoms with van der Waals surface area (Å²) in [6.07, 6.45) is -0.424. The van der Waals surface area contributed by atoms with E-state index in [1.54, 1.807) is 26.4 Å². The summed E-state index contributed by atoms with van der Waals surface area (Å²) in [5, 5.41) is 0. The van der Waals surface area contributed by atoms with Crippen LogP contribution in [0.3, 0.4) is 0 Å². The molecular weight excluding hydrogens is 322 g/mol. The lowest BCUT2D eigenvalue weighted by atomic mass is 10.1. The van der Waals surface area contributed by atoms with Crippen molar-refractivity contribution in [2.45, 2.75) is 17.2 Å². The van der Waals surface area contributed by atoms with E-state index in [-0.39, 0.29) is 6.54 Å². The topological polar surface area (TPSA) is 64.6 Å². The summed E-state index contributed by atoms with van der Waals surface area (Å²) in [5.74, 6) is 0.667. The van der Waals surface area contributed by atoms with Gasteiger partial charge in [-0.1, -0.05) is 18.2 Å². The smallest absolute Gasteiger partial charge is 0.250 e. The van der Waals surface area contributed by atoms with Gasteiger partial charge in [0.2, 0.25) is 10.0 Å². The molecule has 0 spiro atoms. The normalized spacial score (nSPS) is 13.0. The zero-order valence-electron chi connectivity index (χ0n) is 12.7. The lowest BCUT2D eigenvalue weighted by Crippen LogP contribution is -2.29. The molecule has 7 heteroatoms. The second-order valence-corrected chi connectivity index (χ2v) is 7.96. The summed E-state index contributed by atoms with van der Waals surface area (Å²) in [6, 6.07) is 10.8. The first-order chi connectivity index (χ1) is 10.5. The fraction of sp³-hybridized carbons (Fsp3) is 0.333. The van der Waals surface area contributed by atoms with Crippen LogP contribution in [0.15, 0.2) is 40.6 Å². The predicted octanol–water partition coefficient (Wildman–Crippen LogP) is 2.73. The molecule has 2 rings (SSSR count). The molecule has 0 aliphatic heterocycles. The number of rotatable bonds is 7. The number of hydrogen-bond donors (Lipinski definition) is 1. The standard InChI is InChI=1S/C15H19NO4S2/c1-11-8-9-15(21-11)22(17,18)16-10-14(20-3)12-6-4-5-7-13(12)19-2/h4-9,14,16H,10H2,1-3H3/t14-/m1/s1. The van der Waals surface area contributed by atoms with E-state index in [9.17, 15) is 8.42 Å². The Morgan fingerprint density at radius 3 is 2.50 bits per heavy atom. The molecule has 2 aromatic rings. The zero-order chi connectivity index (χ0) is 16.2. The molecule has 1 aromatic carbocycles. The average Bonchev–Trinajstić information content (AvgIpc) is 2.96. The molecule has 0 aliphatic carbocycles. The first-order valence-electron chi connectivity index (χ1n) is 6.69. The Hall–Kier alpha value is -1.41. The van der Waals surface area contributed by atoms with E-state index in [1.807, 2.05) is 31.2 Å². The molecule has 0 unspecified atom stereocenters. The minimum Gasteiger partial charge on any atom is -0.496 e. The lowest BCUT2D eigenvalue weighted by molar-refractivity contribution is 0.105. The van der Waals surface area contributed by atoms with E-state index >= 15 is 0 Å². The molecular formula is C15H19NO4S2. The van der Waals surface area contributed by atoms with E-state index in [0.717, 1.165) is 10.4 Å². The highest BCUT2D eigenvalue weighted by Gasteiger charge is 2.21. The van der Waals surface area contributed by atoms with Gasteiger partial charge < -0.3 is 9.47 Å². The fourth-order valence-corrected chi connectivity index (χ4v) is 4.43. The van der Waals surface area contributed by atoms with Gasteiger partial charge in [-0.3, -0.25) is 0 Å². The first-order valence-corrected chi connectivity index (χ1v) is 8.99. The summed E-state index contributed by atoms with van der Waals surface area (Å²) in [5.41, 5.74) is 0.803. The molecule has 1 heterocycles. The van der Waals surface area contributed by atoms with E-state index in [2.05, 4.69) is 4.72 Å². The summed E-state index contributed by atoms with van der Waals surface area (Å²) in [7, 11) is -0.409. The molecule has 1 atom stereocenters. The minimum atomic E-state index is -3.52. The molecule has 5 nitrogen and oxygen atoms in total. The molecule has 22 heavy (non-hydrogen) atoms. The van der Waals surface area contributed by atoms with Crippen LogP contribution in [0, 0.1) is 6.92 Å². The highest BCUT2D eigenvalue weighted by atomic mass is 32.2. The monoisotopic (exact) mass is 341 g/mol. The van der Waals surface area contributed by atoms with Gasteiger partial charge in [0.15, 0.2) is 0 Å². The number of para-hydroxylation sites is 1. The van der Waals surface area contributed by atoms with Crippen molar-refractivity contribution in [1.29, 1.82) is 0 Å².